The maximum absolute atomic E-state index is 12.2. The van der Waals surface area contributed by atoms with Gasteiger partial charge in [0.15, 0.2) is 0 Å². The molecule has 0 aliphatic rings. The first-order valence-electron chi connectivity index (χ1n) is 7.27. The summed E-state index contributed by atoms with van der Waals surface area (Å²) in [6, 6.07) is 14.8. The molecule has 0 aliphatic carbocycles. The van der Waals surface area contributed by atoms with Crippen LogP contribution in [-0.4, -0.2) is 26.3 Å². The Morgan fingerprint density at radius 3 is 2.41 bits per heavy atom. The van der Waals surface area contributed by atoms with E-state index in [9.17, 15) is 4.79 Å². The van der Waals surface area contributed by atoms with Gasteiger partial charge in [-0.1, -0.05) is 30.3 Å². The fourth-order valence-electron chi connectivity index (χ4n) is 2.16. The fourth-order valence-corrected chi connectivity index (χ4v) is 2.16. The number of ether oxygens (including phenoxy) is 3. The van der Waals surface area contributed by atoms with Gasteiger partial charge < -0.3 is 14.2 Å². The molecule has 0 amide bonds. The Morgan fingerprint density at radius 2 is 1.68 bits per heavy atom. The van der Waals surface area contributed by atoms with Gasteiger partial charge in [0.1, 0.15) is 17.1 Å². The molecular formula is C18H20O4. The van der Waals surface area contributed by atoms with Crippen molar-refractivity contribution in [3.05, 3.63) is 59.7 Å². The fraction of sp³-hybridized carbons (Fsp3) is 0.278. The number of hydrogen-bond acceptors (Lipinski definition) is 4. The van der Waals surface area contributed by atoms with Gasteiger partial charge in [-0.2, -0.15) is 0 Å². The molecule has 0 spiro atoms. The highest BCUT2D eigenvalue weighted by Gasteiger charge is 2.13. The Kier molecular flexibility index (Phi) is 5.83. The molecule has 0 radical (unpaired) electrons. The first-order chi connectivity index (χ1) is 10.8. The van der Waals surface area contributed by atoms with E-state index >= 15 is 0 Å². The maximum atomic E-state index is 12.2. The topological polar surface area (TPSA) is 44.8 Å². The van der Waals surface area contributed by atoms with Gasteiger partial charge >= 0.3 is 5.97 Å². The molecule has 4 heteroatoms. The number of methoxy groups -OCH3 is 1. The number of carbonyl (C=O) groups is 1. The minimum absolute atomic E-state index is 0.291. The summed E-state index contributed by atoms with van der Waals surface area (Å²) in [6.07, 6.45) is 0.604. The lowest BCUT2D eigenvalue weighted by atomic mass is 10.1. The van der Waals surface area contributed by atoms with Gasteiger partial charge in [-0.05, 0) is 30.7 Å². The van der Waals surface area contributed by atoms with Crippen LogP contribution in [0, 0.1) is 0 Å². The zero-order valence-electron chi connectivity index (χ0n) is 12.9. The number of para-hydroxylation sites is 2. The van der Waals surface area contributed by atoms with Crippen LogP contribution >= 0.6 is 0 Å². The van der Waals surface area contributed by atoms with Crippen LogP contribution in [0.5, 0.6) is 11.5 Å². The average Bonchev–Trinajstić information content (AvgIpc) is 2.56. The summed E-state index contributed by atoms with van der Waals surface area (Å²) < 4.78 is 16.1. The number of hydrogen-bond donors (Lipinski definition) is 0. The van der Waals surface area contributed by atoms with E-state index in [0.29, 0.717) is 30.9 Å². The molecule has 0 bridgehead atoms. The van der Waals surface area contributed by atoms with E-state index in [1.165, 1.54) is 0 Å². The highest BCUT2D eigenvalue weighted by atomic mass is 16.5. The molecule has 0 heterocycles. The molecule has 0 N–H and O–H groups in total. The summed E-state index contributed by atoms with van der Waals surface area (Å²) in [7, 11) is 1.63. The van der Waals surface area contributed by atoms with E-state index in [1.807, 2.05) is 37.3 Å². The van der Waals surface area contributed by atoms with Gasteiger partial charge in [0.25, 0.3) is 0 Å². The summed E-state index contributed by atoms with van der Waals surface area (Å²) >= 11 is 0. The maximum Gasteiger partial charge on any atom is 0.341 e. The second-order valence-corrected chi connectivity index (χ2v) is 4.63. The number of benzene rings is 2. The Bertz CT molecular complexity index is 622. The lowest BCUT2D eigenvalue weighted by molar-refractivity contribution is 0.0504. The molecule has 0 unspecified atom stereocenters. The molecule has 2 aromatic carbocycles. The van der Waals surface area contributed by atoms with Crippen molar-refractivity contribution >= 4 is 5.97 Å². The summed E-state index contributed by atoms with van der Waals surface area (Å²) in [5, 5.41) is 0. The van der Waals surface area contributed by atoms with Crippen LogP contribution in [0.25, 0.3) is 0 Å². The molecule has 0 saturated heterocycles. The summed E-state index contributed by atoms with van der Waals surface area (Å²) in [5.41, 5.74) is 1.46. The van der Waals surface area contributed by atoms with Crippen LogP contribution in [0.4, 0.5) is 0 Å². The lowest BCUT2D eigenvalue weighted by Gasteiger charge is -2.11. The van der Waals surface area contributed by atoms with Gasteiger partial charge in [-0.15, -0.1) is 0 Å². The van der Waals surface area contributed by atoms with Crippen molar-refractivity contribution < 1.29 is 19.0 Å². The number of carbonyl (C=O) groups excluding carboxylic acids is 1. The van der Waals surface area contributed by atoms with Crippen LogP contribution in [-0.2, 0) is 11.2 Å². The third-order valence-corrected chi connectivity index (χ3v) is 3.20. The van der Waals surface area contributed by atoms with Gasteiger partial charge in [-0.3, -0.25) is 0 Å². The van der Waals surface area contributed by atoms with E-state index in [0.717, 1.165) is 11.3 Å². The molecule has 4 nitrogen and oxygen atoms in total. The molecule has 2 rings (SSSR count). The largest absolute Gasteiger partial charge is 0.496 e. The molecule has 116 valence electrons. The van der Waals surface area contributed by atoms with Crippen molar-refractivity contribution in [2.45, 2.75) is 13.3 Å². The predicted molar refractivity (Wildman–Crippen MR) is 84.6 cm³/mol. The van der Waals surface area contributed by atoms with Gasteiger partial charge in [-0.25, -0.2) is 4.79 Å². The van der Waals surface area contributed by atoms with E-state index in [1.54, 1.807) is 25.3 Å². The Labute approximate surface area is 130 Å². The zero-order chi connectivity index (χ0) is 15.8. The van der Waals surface area contributed by atoms with Crippen molar-refractivity contribution in [2.24, 2.45) is 0 Å². The minimum Gasteiger partial charge on any atom is -0.496 e. The van der Waals surface area contributed by atoms with Crippen LogP contribution in [0.15, 0.2) is 48.5 Å². The monoisotopic (exact) mass is 300 g/mol. The van der Waals surface area contributed by atoms with E-state index in [2.05, 4.69) is 0 Å². The zero-order valence-corrected chi connectivity index (χ0v) is 12.9. The summed E-state index contributed by atoms with van der Waals surface area (Å²) in [5.74, 6) is 0.972. The molecular weight excluding hydrogens is 280 g/mol. The molecule has 0 saturated carbocycles. The van der Waals surface area contributed by atoms with Crippen LogP contribution in [0.1, 0.15) is 22.8 Å². The van der Waals surface area contributed by atoms with Crippen molar-refractivity contribution in [1.82, 2.24) is 0 Å². The normalized spacial score (nSPS) is 10.1. The standard InChI is InChI=1S/C18H20O4/c1-3-21-17-11-7-5-9-15(17)18(19)22-13-12-14-8-4-6-10-16(14)20-2/h4-11H,3,12-13H2,1-2H3. The average molecular weight is 300 g/mol. The minimum atomic E-state index is -0.376. The molecule has 0 aromatic heterocycles. The lowest BCUT2D eigenvalue weighted by Crippen LogP contribution is -2.10. The summed E-state index contributed by atoms with van der Waals surface area (Å²) in [6.45, 7) is 2.68. The number of esters is 1. The molecule has 0 aliphatic heterocycles. The van der Waals surface area contributed by atoms with Gasteiger partial charge in [0.2, 0.25) is 0 Å². The first kappa shape index (κ1) is 15.9. The summed E-state index contributed by atoms with van der Waals surface area (Å²) in [4.78, 5) is 12.2. The van der Waals surface area contributed by atoms with Crippen LogP contribution < -0.4 is 9.47 Å². The highest BCUT2D eigenvalue weighted by molar-refractivity contribution is 5.92. The SMILES string of the molecule is CCOc1ccccc1C(=O)OCCc1ccccc1OC. The van der Waals surface area contributed by atoms with Crippen molar-refractivity contribution in [3.63, 3.8) is 0 Å². The Balaban J connectivity index is 1.96. The van der Waals surface area contributed by atoms with E-state index < -0.39 is 0 Å². The van der Waals surface area contributed by atoms with E-state index in [4.69, 9.17) is 14.2 Å². The quantitative estimate of drug-likeness (QED) is 0.734. The molecule has 0 fully saturated rings. The van der Waals surface area contributed by atoms with Crippen LogP contribution in [0.3, 0.4) is 0 Å². The third kappa shape index (κ3) is 4.01. The highest BCUT2D eigenvalue weighted by Crippen LogP contribution is 2.20. The first-order valence-corrected chi connectivity index (χ1v) is 7.27. The molecule has 2 aromatic rings. The predicted octanol–water partition coefficient (Wildman–Crippen LogP) is 3.49. The van der Waals surface area contributed by atoms with Gasteiger partial charge in [0, 0.05) is 6.42 Å². The second-order valence-electron chi connectivity index (χ2n) is 4.63. The Hall–Kier alpha value is -2.49. The smallest absolute Gasteiger partial charge is 0.341 e. The van der Waals surface area contributed by atoms with Crippen molar-refractivity contribution in [3.8, 4) is 11.5 Å². The molecule has 0 atom stereocenters. The third-order valence-electron chi connectivity index (χ3n) is 3.20. The number of rotatable bonds is 7. The van der Waals surface area contributed by atoms with E-state index in [-0.39, 0.29) is 5.97 Å². The van der Waals surface area contributed by atoms with Gasteiger partial charge in [0.05, 0.1) is 20.3 Å². The Morgan fingerprint density at radius 1 is 1.00 bits per heavy atom. The van der Waals surface area contributed by atoms with Crippen molar-refractivity contribution in [2.75, 3.05) is 20.3 Å². The second kappa shape index (κ2) is 8.08. The molecule has 22 heavy (non-hydrogen) atoms. The van der Waals surface area contributed by atoms with Crippen LogP contribution in [0.2, 0.25) is 0 Å². The van der Waals surface area contributed by atoms with Crippen molar-refractivity contribution in [1.29, 1.82) is 0 Å².